The van der Waals surface area contributed by atoms with Crippen molar-refractivity contribution in [3.63, 3.8) is 0 Å². The number of carbonyl (C=O) groups is 2. The van der Waals surface area contributed by atoms with E-state index in [0.717, 1.165) is 6.07 Å². The summed E-state index contributed by atoms with van der Waals surface area (Å²) in [6, 6.07) is 4.86. The quantitative estimate of drug-likeness (QED) is 0.721. The standard InChI is InChI=1S/C20H24FN3O5S/c1-4-16-17(20(26)29-3)13(2)18(22-16)19(25)23-8-10-24(11-9-23)30(27,28)15-7-5-6-14(21)12-15/h5-7,12,22H,4,8-11H2,1-3H3. The fraction of sp³-hybridized carbons (Fsp3) is 0.400. The highest BCUT2D eigenvalue weighted by Gasteiger charge is 2.32. The summed E-state index contributed by atoms with van der Waals surface area (Å²) >= 11 is 0. The number of rotatable bonds is 5. The topological polar surface area (TPSA) is 99.8 Å². The molecule has 0 radical (unpaired) electrons. The molecule has 1 aliphatic rings. The summed E-state index contributed by atoms with van der Waals surface area (Å²) in [6.07, 6.45) is 0.526. The second kappa shape index (κ2) is 8.57. The summed E-state index contributed by atoms with van der Waals surface area (Å²) in [5, 5.41) is 0. The molecule has 10 heteroatoms. The molecule has 0 spiro atoms. The van der Waals surface area contributed by atoms with Gasteiger partial charge in [-0.3, -0.25) is 4.79 Å². The van der Waals surface area contributed by atoms with Crippen LogP contribution in [-0.2, 0) is 21.2 Å². The highest BCUT2D eigenvalue weighted by atomic mass is 32.2. The van der Waals surface area contributed by atoms with Crippen LogP contribution in [0.3, 0.4) is 0 Å². The van der Waals surface area contributed by atoms with Gasteiger partial charge in [0, 0.05) is 31.9 Å². The summed E-state index contributed by atoms with van der Waals surface area (Å²) in [4.78, 5) is 29.5. The van der Waals surface area contributed by atoms with Crippen LogP contribution < -0.4 is 0 Å². The molecule has 3 rings (SSSR count). The lowest BCUT2D eigenvalue weighted by molar-refractivity contribution is 0.0599. The number of methoxy groups -OCH3 is 1. The maximum atomic E-state index is 13.4. The molecule has 0 saturated carbocycles. The van der Waals surface area contributed by atoms with Gasteiger partial charge in [-0.15, -0.1) is 0 Å². The number of aromatic amines is 1. The number of aromatic nitrogens is 1. The summed E-state index contributed by atoms with van der Waals surface area (Å²) in [6.45, 7) is 4.09. The summed E-state index contributed by atoms with van der Waals surface area (Å²) in [5.74, 6) is -1.44. The number of esters is 1. The Labute approximate surface area is 174 Å². The molecule has 0 aliphatic carbocycles. The van der Waals surface area contributed by atoms with Crippen molar-refractivity contribution in [2.24, 2.45) is 0 Å². The molecular formula is C20H24FN3O5S. The average Bonchev–Trinajstić information content (AvgIpc) is 3.09. The number of benzene rings is 1. The van der Waals surface area contributed by atoms with E-state index in [1.807, 2.05) is 6.92 Å². The first-order chi connectivity index (χ1) is 14.2. The molecule has 2 heterocycles. The SMILES string of the molecule is CCc1[nH]c(C(=O)N2CCN(S(=O)(=O)c3cccc(F)c3)CC2)c(C)c1C(=O)OC. The second-order valence-corrected chi connectivity index (χ2v) is 8.92. The number of nitrogens with one attached hydrogen (secondary N) is 1. The molecule has 1 aliphatic heterocycles. The molecular weight excluding hydrogens is 413 g/mol. The van der Waals surface area contributed by atoms with Gasteiger partial charge in [-0.25, -0.2) is 17.6 Å². The predicted octanol–water partition coefficient (Wildman–Crippen LogP) is 1.96. The monoisotopic (exact) mass is 437 g/mol. The van der Waals surface area contributed by atoms with Crippen molar-refractivity contribution in [2.75, 3.05) is 33.3 Å². The van der Waals surface area contributed by atoms with E-state index in [0.29, 0.717) is 28.9 Å². The van der Waals surface area contributed by atoms with Gasteiger partial charge in [0.1, 0.15) is 11.5 Å². The Morgan fingerprint density at radius 2 is 1.87 bits per heavy atom. The second-order valence-electron chi connectivity index (χ2n) is 6.98. The third kappa shape index (κ3) is 3.97. The van der Waals surface area contributed by atoms with Crippen LogP contribution in [0.2, 0.25) is 0 Å². The highest BCUT2D eigenvalue weighted by Crippen LogP contribution is 2.23. The molecule has 2 aromatic rings. The van der Waals surface area contributed by atoms with Gasteiger partial charge in [-0.2, -0.15) is 4.31 Å². The summed E-state index contributed by atoms with van der Waals surface area (Å²) < 4.78 is 45.0. The third-order valence-corrected chi connectivity index (χ3v) is 7.14. The van der Waals surface area contributed by atoms with Crippen LogP contribution in [0.15, 0.2) is 29.2 Å². The summed E-state index contributed by atoms with van der Waals surface area (Å²) in [5.41, 5.74) is 1.79. The van der Waals surface area contributed by atoms with Crippen LogP contribution in [0.1, 0.15) is 39.0 Å². The molecule has 0 atom stereocenters. The van der Waals surface area contributed by atoms with Gasteiger partial charge < -0.3 is 14.6 Å². The third-order valence-electron chi connectivity index (χ3n) is 5.24. The number of nitrogens with zero attached hydrogens (tertiary/aromatic N) is 2. The van der Waals surface area contributed by atoms with Gasteiger partial charge in [-0.05, 0) is 37.1 Å². The Hall–Kier alpha value is -2.72. The van der Waals surface area contributed by atoms with Crippen LogP contribution in [-0.4, -0.2) is 67.8 Å². The van der Waals surface area contributed by atoms with Crippen LogP contribution >= 0.6 is 0 Å². The molecule has 1 aromatic carbocycles. The minimum atomic E-state index is -3.84. The first kappa shape index (κ1) is 22.0. The Bertz CT molecular complexity index is 1070. The smallest absolute Gasteiger partial charge is 0.339 e. The van der Waals surface area contributed by atoms with Crippen molar-refractivity contribution in [1.29, 1.82) is 0 Å². The maximum absolute atomic E-state index is 13.4. The molecule has 1 aromatic heterocycles. The zero-order chi connectivity index (χ0) is 22.1. The van der Waals surface area contributed by atoms with E-state index in [1.165, 1.54) is 34.5 Å². The van der Waals surface area contributed by atoms with Gasteiger partial charge in [0.05, 0.1) is 17.6 Å². The minimum absolute atomic E-state index is 0.0921. The van der Waals surface area contributed by atoms with E-state index in [1.54, 1.807) is 6.92 Å². The molecule has 0 unspecified atom stereocenters. The molecule has 162 valence electrons. The van der Waals surface area contributed by atoms with Crippen molar-refractivity contribution in [3.05, 3.63) is 52.6 Å². The lowest BCUT2D eigenvalue weighted by Crippen LogP contribution is -2.50. The number of hydrogen-bond acceptors (Lipinski definition) is 5. The Kier molecular flexibility index (Phi) is 6.27. The number of carbonyl (C=O) groups excluding carboxylic acids is 2. The molecule has 1 N–H and O–H groups in total. The zero-order valence-corrected chi connectivity index (χ0v) is 17.9. The van der Waals surface area contributed by atoms with Crippen LogP contribution in [0.4, 0.5) is 4.39 Å². The van der Waals surface area contributed by atoms with E-state index in [4.69, 9.17) is 4.74 Å². The van der Waals surface area contributed by atoms with Crippen molar-refractivity contribution in [3.8, 4) is 0 Å². The Morgan fingerprint density at radius 1 is 1.20 bits per heavy atom. The number of hydrogen-bond donors (Lipinski definition) is 1. The molecule has 8 nitrogen and oxygen atoms in total. The van der Waals surface area contributed by atoms with Gasteiger partial charge in [0.25, 0.3) is 5.91 Å². The van der Waals surface area contributed by atoms with Crippen LogP contribution in [0.5, 0.6) is 0 Å². The Balaban J connectivity index is 1.76. The Morgan fingerprint density at radius 3 is 2.43 bits per heavy atom. The first-order valence-electron chi connectivity index (χ1n) is 9.55. The minimum Gasteiger partial charge on any atom is -0.465 e. The fourth-order valence-corrected chi connectivity index (χ4v) is 5.04. The number of sulfonamides is 1. The first-order valence-corrected chi connectivity index (χ1v) is 11.0. The molecule has 1 fully saturated rings. The van der Waals surface area contributed by atoms with Crippen molar-refractivity contribution >= 4 is 21.9 Å². The number of halogens is 1. The van der Waals surface area contributed by atoms with Gasteiger partial charge in [-0.1, -0.05) is 13.0 Å². The predicted molar refractivity (Wildman–Crippen MR) is 107 cm³/mol. The number of aryl methyl sites for hydroxylation is 1. The fourth-order valence-electron chi connectivity index (χ4n) is 3.58. The lowest BCUT2D eigenvalue weighted by Gasteiger charge is -2.34. The molecule has 30 heavy (non-hydrogen) atoms. The van der Waals surface area contributed by atoms with Crippen LogP contribution in [0, 0.1) is 12.7 Å². The van der Waals surface area contributed by atoms with Crippen molar-refractivity contribution < 1.29 is 27.1 Å². The van der Waals surface area contributed by atoms with Gasteiger partial charge in [0.2, 0.25) is 10.0 Å². The van der Waals surface area contributed by atoms with Gasteiger partial charge in [0.15, 0.2) is 0 Å². The van der Waals surface area contributed by atoms with E-state index in [-0.39, 0.29) is 37.0 Å². The molecule has 1 saturated heterocycles. The number of ether oxygens (including phenoxy) is 1. The van der Waals surface area contributed by atoms with E-state index in [9.17, 15) is 22.4 Å². The average molecular weight is 437 g/mol. The summed E-state index contributed by atoms with van der Waals surface area (Å²) in [7, 11) is -2.56. The molecule has 0 bridgehead atoms. The normalized spacial score (nSPS) is 15.3. The van der Waals surface area contributed by atoms with E-state index < -0.39 is 21.8 Å². The van der Waals surface area contributed by atoms with Gasteiger partial charge >= 0.3 is 5.97 Å². The van der Waals surface area contributed by atoms with E-state index >= 15 is 0 Å². The largest absolute Gasteiger partial charge is 0.465 e. The van der Waals surface area contributed by atoms with Crippen molar-refractivity contribution in [2.45, 2.75) is 25.2 Å². The van der Waals surface area contributed by atoms with Crippen LogP contribution in [0.25, 0.3) is 0 Å². The number of H-pyrrole nitrogens is 1. The lowest BCUT2D eigenvalue weighted by atomic mass is 10.1. The van der Waals surface area contributed by atoms with Crippen molar-refractivity contribution in [1.82, 2.24) is 14.2 Å². The molecule has 1 amide bonds. The maximum Gasteiger partial charge on any atom is 0.339 e. The highest BCUT2D eigenvalue weighted by molar-refractivity contribution is 7.89. The number of piperazine rings is 1. The number of amides is 1. The van der Waals surface area contributed by atoms with E-state index in [2.05, 4.69) is 4.98 Å². The zero-order valence-electron chi connectivity index (χ0n) is 17.1.